The molecule has 0 saturated heterocycles. The third kappa shape index (κ3) is 4.46. The monoisotopic (exact) mass is 270 g/mol. The minimum absolute atomic E-state index is 0.0949. The molecule has 2 amide bonds. The van der Waals surface area contributed by atoms with E-state index in [0.29, 0.717) is 18.0 Å². The standard InChI is InChI=1S/C12H18N2O3S/c1-8(15)7-14(3)12(17)11-5-4-10(18-11)6-13-9(2)16/h4-5,8,15H,6-7H2,1-3H3,(H,13,16). The van der Waals surface area contributed by atoms with Crippen LogP contribution in [0.5, 0.6) is 0 Å². The Hall–Kier alpha value is -1.40. The first-order valence-electron chi connectivity index (χ1n) is 5.67. The topological polar surface area (TPSA) is 69.6 Å². The number of hydrogen-bond acceptors (Lipinski definition) is 4. The molecule has 0 aliphatic rings. The minimum atomic E-state index is -0.544. The zero-order valence-corrected chi connectivity index (χ0v) is 11.6. The van der Waals surface area contributed by atoms with Gasteiger partial charge in [-0.25, -0.2) is 0 Å². The van der Waals surface area contributed by atoms with Crippen LogP contribution >= 0.6 is 11.3 Å². The maximum Gasteiger partial charge on any atom is 0.263 e. The van der Waals surface area contributed by atoms with Gasteiger partial charge in [-0.15, -0.1) is 11.3 Å². The Labute approximate surface area is 110 Å². The van der Waals surface area contributed by atoms with Gasteiger partial charge in [0.2, 0.25) is 5.91 Å². The van der Waals surface area contributed by atoms with E-state index in [1.54, 1.807) is 20.0 Å². The van der Waals surface area contributed by atoms with Crippen LogP contribution in [-0.2, 0) is 11.3 Å². The summed E-state index contributed by atoms with van der Waals surface area (Å²) in [5.74, 6) is -0.211. The quantitative estimate of drug-likeness (QED) is 0.833. The molecule has 2 N–H and O–H groups in total. The second-order valence-corrected chi connectivity index (χ2v) is 5.38. The smallest absolute Gasteiger partial charge is 0.263 e. The van der Waals surface area contributed by atoms with Crippen LogP contribution < -0.4 is 5.32 Å². The number of nitrogens with one attached hydrogen (secondary N) is 1. The molecule has 18 heavy (non-hydrogen) atoms. The molecular weight excluding hydrogens is 252 g/mol. The fraction of sp³-hybridized carbons (Fsp3) is 0.500. The lowest BCUT2D eigenvalue weighted by Crippen LogP contribution is -2.32. The van der Waals surface area contributed by atoms with E-state index < -0.39 is 6.10 Å². The Bertz CT molecular complexity index is 429. The number of likely N-dealkylation sites (N-methyl/N-ethyl adjacent to an activating group) is 1. The fourth-order valence-corrected chi connectivity index (χ4v) is 2.41. The molecule has 1 atom stereocenters. The molecule has 0 saturated carbocycles. The van der Waals surface area contributed by atoms with E-state index in [0.717, 1.165) is 4.88 Å². The highest BCUT2D eigenvalue weighted by molar-refractivity contribution is 7.14. The highest BCUT2D eigenvalue weighted by Crippen LogP contribution is 2.18. The van der Waals surface area contributed by atoms with E-state index in [9.17, 15) is 14.7 Å². The maximum absolute atomic E-state index is 12.0. The molecule has 1 aromatic heterocycles. The summed E-state index contributed by atoms with van der Waals surface area (Å²) < 4.78 is 0. The molecule has 1 heterocycles. The Kier molecular flexibility index (Phi) is 5.30. The predicted molar refractivity (Wildman–Crippen MR) is 70.5 cm³/mol. The van der Waals surface area contributed by atoms with Crippen molar-refractivity contribution in [3.63, 3.8) is 0 Å². The predicted octanol–water partition coefficient (Wildman–Crippen LogP) is 0.837. The van der Waals surface area contributed by atoms with E-state index >= 15 is 0 Å². The van der Waals surface area contributed by atoms with Crippen LogP contribution in [-0.4, -0.2) is 41.5 Å². The van der Waals surface area contributed by atoms with Gasteiger partial charge >= 0.3 is 0 Å². The lowest BCUT2D eigenvalue weighted by atomic mass is 10.3. The molecule has 6 heteroatoms. The Morgan fingerprint density at radius 3 is 2.72 bits per heavy atom. The van der Waals surface area contributed by atoms with E-state index in [-0.39, 0.29) is 11.8 Å². The van der Waals surface area contributed by atoms with E-state index in [2.05, 4.69) is 5.32 Å². The average Bonchev–Trinajstić information content (AvgIpc) is 2.72. The van der Waals surface area contributed by atoms with E-state index in [4.69, 9.17) is 0 Å². The molecular formula is C12H18N2O3S. The second kappa shape index (κ2) is 6.51. The van der Waals surface area contributed by atoms with Crippen LogP contribution in [0.1, 0.15) is 28.4 Å². The van der Waals surface area contributed by atoms with Crippen molar-refractivity contribution in [1.29, 1.82) is 0 Å². The average molecular weight is 270 g/mol. The number of amides is 2. The highest BCUT2D eigenvalue weighted by atomic mass is 32.1. The molecule has 100 valence electrons. The number of rotatable bonds is 5. The van der Waals surface area contributed by atoms with Gasteiger partial charge in [0.15, 0.2) is 0 Å². The molecule has 1 unspecified atom stereocenters. The van der Waals surface area contributed by atoms with Gasteiger partial charge in [0, 0.05) is 25.4 Å². The van der Waals surface area contributed by atoms with Gasteiger partial charge in [-0.3, -0.25) is 9.59 Å². The molecule has 0 bridgehead atoms. The zero-order valence-electron chi connectivity index (χ0n) is 10.8. The van der Waals surface area contributed by atoms with Gasteiger partial charge in [0.1, 0.15) is 0 Å². The molecule has 0 aliphatic carbocycles. The minimum Gasteiger partial charge on any atom is -0.392 e. The summed E-state index contributed by atoms with van der Waals surface area (Å²) in [6.45, 7) is 3.83. The molecule has 1 rings (SSSR count). The van der Waals surface area contributed by atoms with Crippen LogP contribution in [0.3, 0.4) is 0 Å². The summed E-state index contributed by atoms with van der Waals surface area (Å²) >= 11 is 1.35. The largest absolute Gasteiger partial charge is 0.392 e. The SMILES string of the molecule is CC(=O)NCc1ccc(C(=O)N(C)CC(C)O)s1. The molecule has 0 aliphatic heterocycles. The molecule has 0 fully saturated rings. The number of nitrogens with zero attached hydrogens (tertiary/aromatic N) is 1. The summed E-state index contributed by atoms with van der Waals surface area (Å²) in [7, 11) is 1.66. The molecule has 1 aromatic rings. The summed E-state index contributed by atoms with van der Waals surface area (Å²) in [5, 5.41) is 11.9. The third-order valence-corrected chi connectivity index (χ3v) is 3.34. The number of carbonyl (C=O) groups is 2. The van der Waals surface area contributed by atoms with Crippen molar-refractivity contribution in [1.82, 2.24) is 10.2 Å². The summed E-state index contributed by atoms with van der Waals surface area (Å²) in [5.41, 5.74) is 0. The van der Waals surface area contributed by atoms with Crippen LogP contribution in [0.25, 0.3) is 0 Å². The van der Waals surface area contributed by atoms with Crippen LogP contribution in [0.4, 0.5) is 0 Å². The van der Waals surface area contributed by atoms with Crippen molar-refractivity contribution in [2.75, 3.05) is 13.6 Å². The van der Waals surface area contributed by atoms with Gasteiger partial charge in [0.25, 0.3) is 5.91 Å². The van der Waals surface area contributed by atoms with Crippen molar-refractivity contribution in [3.8, 4) is 0 Å². The zero-order chi connectivity index (χ0) is 13.7. The number of aliphatic hydroxyl groups is 1. The number of aliphatic hydroxyl groups excluding tert-OH is 1. The van der Waals surface area contributed by atoms with Gasteiger partial charge in [-0.05, 0) is 19.1 Å². The first-order valence-corrected chi connectivity index (χ1v) is 6.48. The second-order valence-electron chi connectivity index (χ2n) is 4.21. The first kappa shape index (κ1) is 14.7. The van der Waals surface area contributed by atoms with E-state index in [1.165, 1.54) is 23.2 Å². The van der Waals surface area contributed by atoms with Crippen LogP contribution in [0.15, 0.2) is 12.1 Å². The number of thiophene rings is 1. The number of hydrogen-bond donors (Lipinski definition) is 2. The van der Waals surface area contributed by atoms with Crippen molar-refractivity contribution >= 4 is 23.2 Å². The third-order valence-electron chi connectivity index (χ3n) is 2.27. The van der Waals surface area contributed by atoms with Crippen molar-refractivity contribution in [3.05, 3.63) is 21.9 Å². The molecule has 0 aromatic carbocycles. The lowest BCUT2D eigenvalue weighted by molar-refractivity contribution is -0.119. The molecule has 0 spiro atoms. The summed E-state index contributed by atoms with van der Waals surface area (Å²) in [4.78, 5) is 25.8. The highest BCUT2D eigenvalue weighted by Gasteiger charge is 2.15. The number of carbonyl (C=O) groups excluding carboxylic acids is 2. The molecule has 0 radical (unpaired) electrons. The fourth-order valence-electron chi connectivity index (χ4n) is 1.47. The van der Waals surface area contributed by atoms with Gasteiger partial charge in [0.05, 0.1) is 17.5 Å². The van der Waals surface area contributed by atoms with Crippen molar-refractivity contribution in [2.45, 2.75) is 26.5 Å². The Balaban J connectivity index is 2.61. The first-order chi connectivity index (χ1) is 8.40. The van der Waals surface area contributed by atoms with Gasteiger partial charge < -0.3 is 15.3 Å². The van der Waals surface area contributed by atoms with Gasteiger partial charge in [-0.2, -0.15) is 0 Å². The van der Waals surface area contributed by atoms with Crippen LogP contribution in [0, 0.1) is 0 Å². The Morgan fingerprint density at radius 2 is 2.17 bits per heavy atom. The lowest BCUT2D eigenvalue weighted by Gasteiger charge is -2.17. The van der Waals surface area contributed by atoms with Crippen LogP contribution in [0.2, 0.25) is 0 Å². The molecule has 5 nitrogen and oxygen atoms in total. The van der Waals surface area contributed by atoms with Crippen molar-refractivity contribution in [2.24, 2.45) is 0 Å². The van der Waals surface area contributed by atoms with Crippen molar-refractivity contribution < 1.29 is 14.7 Å². The van der Waals surface area contributed by atoms with Gasteiger partial charge in [-0.1, -0.05) is 0 Å². The summed E-state index contributed by atoms with van der Waals surface area (Å²) in [6.07, 6.45) is -0.544. The normalized spacial score (nSPS) is 12.0. The maximum atomic E-state index is 12.0. The summed E-state index contributed by atoms with van der Waals surface area (Å²) in [6, 6.07) is 3.56. The van der Waals surface area contributed by atoms with E-state index in [1.807, 2.05) is 6.07 Å². The Morgan fingerprint density at radius 1 is 1.50 bits per heavy atom.